The lowest BCUT2D eigenvalue weighted by molar-refractivity contribution is -0.129. The zero-order valence-corrected chi connectivity index (χ0v) is 15.8. The molecule has 26 heavy (non-hydrogen) atoms. The first kappa shape index (κ1) is 16.8. The second kappa shape index (κ2) is 6.96. The smallest absolute Gasteiger partial charge is 0.219 e. The Morgan fingerprint density at radius 2 is 1.81 bits per heavy atom. The van der Waals surface area contributed by atoms with Gasteiger partial charge in [-0.2, -0.15) is 0 Å². The van der Waals surface area contributed by atoms with Crippen molar-refractivity contribution < 1.29 is 9.53 Å². The molecule has 0 saturated carbocycles. The molecular weight excluding hydrogens is 346 g/mol. The number of aromatic nitrogens is 1. The van der Waals surface area contributed by atoms with Crippen molar-refractivity contribution >= 4 is 33.1 Å². The van der Waals surface area contributed by atoms with E-state index in [0.29, 0.717) is 0 Å². The van der Waals surface area contributed by atoms with Gasteiger partial charge in [0.1, 0.15) is 5.75 Å². The van der Waals surface area contributed by atoms with E-state index in [0.717, 1.165) is 54.3 Å². The number of amides is 1. The number of hydrogen-bond donors (Lipinski definition) is 0. The van der Waals surface area contributed by atoms with E-state index in [2.05, 4.69) is 46.3 Å². The topological polar surface area (TPSA) is 45.7 Å². The van der Waals surface area contributed by atoms with Gasteiger partial charge < -0.3 is 14.5 Å². The lowest BCUT2D eigenvalue weighted by Gasteiger charge is -2.36. The summed E-state index contributed by atoms with van der Waals surface area (Å²) in [5.41, 5.74) is 6.22. The van der Waals surface area contributed by atoms with Crippen LogP contribution >= 0.6 is 11.3 Å². The van der Waals surface area contributed by atoms with Crippen LogP contribution in [-0.4, -0.2) is 49.1 Å². The van der Waals surface area contributed by atoms with Crippen LogP contribution < -0.4 is 9.64 Å². The molecule has 5 nitrogen and oxygen atoms in total. The highest BCUT2D eigenvalue weighted by atomic mass is 32.1. The van der Waals surface area contributed by atoms with E-state index < -0.39 is 0 Å². The van der Waals surface area contributed by atoms with Crippen molar-refractivity contribution in [1.29, 1.82) is 0 Å². The van der Waals surface area contributed by atoms with Gasteiger partial charge in [-0.15, -0.1) is 11.3 Å². The minimum atomic E-state index is 0.143. The molecule has 0 atom stereocenters. The first-order valence-corrected chi connectivity index (χ1v) is 9.56. The number of benzene rings is 2. The third-order valence-corrected chi connectivity index (χ3v) is 5.72. The Hall–Kier alpha value is -2.60. The van der Waals surface area contributed by atoms with Crippen LogP contribution in [0.3, 0.4) is 0 Å². The summed E-state index contributed by atoms with van der Waals surface area (Å²) >= 11 is 1.65. The maximum atomic E-state index is 11.5. The van der Waals surface area contributed by atoms with Crippen molar-refractivity contribution in [3.05, 3.63) is 41.9 Å². The fraction of sp³-hybridized carbons (Fsp3) is 0.300. The Morgan fingerprint density at radius 1 is 1.08 bits per heavy atom. The van der Waals surface area contributed by atoms with Crippen molar-refractivity contribution in [2.24, 2.45) is 0 Å². The van der Waals surface area contributed by atoms with Crippen LogP contribution in [0.25, 0.3) is 21.3 Å². The minimum Gasteiger partial charge on any atom is -0.495 e. The van der Waals surface area contributed by atoms with Crippen LogP contribution in [-0.2, 0) is 4.79 Å². The monoisotopic (exact) mass is 367 g/mol. The van der Waals surface area contributed by atoms with Crippen LogP contribution in [0.4, 0.5) is 5.69 Å². The third kappa shape index (κ3) is 3.12. The molecule has 1 amide bonds. The molecule has 4 rings (SSSR count). The number of thiazole rings is 1. The molecule has 0 radical (unpaired) electrons. The summed E-state index contributed by atoms with van der Waals surface area (Å²) in [7, 11) is 1.71. The molecule has 3 aromatic rings. The quantitative estimate of drug-likeness (QED) is 0.709. The molecular formula is C20H21N3O2S. The molecule has 0 N–H and O–H groups in total. The normalized spacial score (nSPS) is 14.7. The van der Waals surface area contributed by atoms with Gasteiger partial charge in [0.25, 0.3) is 0 Å². The summed E-state index contributed by atoms with van der Waals surface area (Å²) < 4.78 is 6.87. The van der Waals surface area contributed by atoms with Gasteiger partial charge in [0.05, 0.1) is 28.5 Å². The number of piperazine rings is 1. The molecule has 2 heterocycles. The molecule has 0 spiro atoms. The van der Waals surface area contributed by atoms with E-state index in [4.69, 9.17) is 4.74 Å². The summed E-state index contributed by atoms with van der Waals surface area (Å²) in [6.07, 6.45) is 0. The van der Waals surface area contributed by atoms with E-state index in [1.54, 1.807) is 25.4 Å². The van der Waals surface area contributed by atoms with E-state index >= 15 is 0 Å². The molecule has 1 saturated heterocycles. The van der Waals surface area contributed by atoms with Crippen molar-refractivity contribution in [1.82, 2.24) is 9.88 Å². The summed E-state index contributed by atoms with van der Waals surface area (Å²) in [5, 5.41) is 0. The second-order valence-electron chi connectivity index (χ2n) is 6.41. The number of methoxy groups -OCH3 is 1. The maximum absolute atomic E-state index is 11.5. The largest absolute Gasteiger partial charge is 0.495 e. The number of rotatable bonds is 3. The fourth-order valence-corrected chi connectivity index (χ4v) is 4.08. The highest BCUT2D eigenvalue weighted by molar-refractivity contribution is 7.16. The Morgan fingerprint density at radius 3 is 2.54 bits per heavy atom. The number of carbonyl (C=O) groups is 1. The molecule has 0 unspecified atom stereocenters. The predicted octanol–water partition coefficient (Wildman–Crippen LogP) is 3.64. The van der Waals surface area contributed by atoms with E-state index in [1.165, 1.54) is 4.70 Å². The average molecular weight is 367 g/mol. The maximum Gasteiger partial charge on any atom is 0.219 e. The summed E-state index contributed by atoms with van der Waals surface area (Å²) in [6, 6.07) is 12.7. The summed E-state index contributed by atoms with van der Waals surface area (Å²) in [4.78, 5) is 20.1. The number of carbonyl (C=O) groups excluding carboxylic acids is 1. The molecule has 1 aliphatic heterocycles. The van der Waals surface area contributed by atoms with Gasteiger partial charge in [-0.3, -0.25) is 4.79 Å². The molecule has 6 heteroatoms. The lowest BCUT2D eigenvalue weighted by atomic mass is 10.0. The van der Waals surface area contributed by atoms with Crippen LogP contribution in [0.5, 0.6) is 5.75 Å². The van der Waals surface area contributed by atoms with Crippen molar-refractivity contribution in [3.63, 3.8) is 0 Å². The molecule has 0 bridgehead atoms. The fourth-order valence-electron chi connectivity index (χ4n) is 3.42. The van der Waals surface area contributed by atoms with E-state index in [9.17, 15) is 4.79 Å². The SMILES string of the molecule is COc1cc(-c2ccc3scnc3c2)ccc1N1CCN(C(C)=O)CC1. The van der Waals surface area contributed by atoms with Gasteiger partial charge in [0, 0.05) is 33.1 Å². The molecule has 0 aliphatic carbocycles. The molecule has 1 fully saturated rings. The predicted molar refractivity (Wildman–Crippen MR) is 106 cm³/mol. The van der Waals surface area contributed by atoms with Gasteiger partial charge in [-0.1, -0.05) is 12.1 Å². The summed E-state index contributed by atoms with van der Waals surface area (Å²) in [5.74, 6) is 1.00. The molecule has 134 valence electrons. The minimum absolute atomic E-state index is 0.143. The Labute approximate surface area is 156 Å². The second-order valence-corrected chi connectivity index (χ2v) is 7.30. The van der Waals surface area contributed by atoms with E-state index in [-0.39, 0.29) is 5.91 Å². The van der Waals surface area contributed by atoms with Gasteiger partial charge >= 0.3 is 0 Å². The van der Waals surface area contributed by atoms with Crippen LogP contribution in [0.15, 0.2) is 41.9 Å². The number of hydrogen-bond acceptors (Lipinski definition) is 5. The van der Waals surface area contributed by atoms with Gasteiger partial charge in [-0.05, 0) is 35.4 Å². The lowest BCUT2D eigenvalue weighted by Crippen LogP contribution is -2.48. The zero-order valence-electron chi connectivity index (χ0n) is 14.9. The molecule has 2 aromatic carbocycles. The summed E-state index contributed by atoms with van der Waals surface area (Å²) in [6.45, 7) is 4.77. The molecule has 1 aliphatic rings. The Balaban J connectivity index is 1.61. The first-order chi connectivity index (χ1) is 12.7. The van der Waals surface area contributed by atoms with Crippen molar-refractivity contribution in [2.75, 3.05) is 38.2 Å². The van der Waals surface area contributed by atoms with E-state index in [1.807, 2.05) is 10.4 Å². The van der Waals surface area contributed by atoms with Crippen LogP contribution in [0.1, 0.15) is 6.92 Å². The van der Waals surface area contributed by atoms with Crippen LogP contribution in [0, 0.1) is 0 Å². The van der Waals surface area contributed by atoms with Crippen molar-refractivity contribution in [2.45, 2.75) is 6.92 Å². The number of nitrogens with zero attached hydrogens (tertiary/aromatic N) is 3. The van der Waals surface area contributed by atoms with Gasteiger partial charge in [-0.25, -0.2) is 4.98 Å². The number of ether oxygens (including phenoxy) is 1. The standard InChI is InChI=1S/C20H21N3O2S/c1-14(24)22-7-9-23(10-8-22)18-5-3-16(12-19(18)25-2)15-4-6-20-17(11-15)21-13-26-20/h3-6,11-13H,7-10H2,1-2H3. The number of anilines is 1. The van der Waals surface area contributed by atoms with Crippen LogP contribution in [0.2, 0.25) is 0 Å². The Bertz CT molecular complexity index is 945. The zero-order chi connectivity index (χ0) is 18.1. The first-order valence-electron chi connectivity index (χ1n) is 8.68. The van der Waals surface area contributed by atoms with Gasteiger partial charge in [0.2, 0.25) is 5.91 Å². The highest BCUT2D eigenvalue weighted by Crippen LogP contribution is 2.35. The third-order valence-electron chi connectivity index (χ3n) is 4.91. The average Bonchev–Trinajstić information content (AvgIpc) is 3.15. The molecule has 1 aromatic heterocycles. The van der Waals surface area contributed by atoms with Crippen molar-refractivity contribution in [3.8, 4) is 16.9 Å². The Kier molecular flexibility index (Phi) is 4.51. The van der Waals surface area contributed by atoms with Gasteiger partial charge in [0.15, 0.2) is 0 Å². The number of fused-ring (bicyclic) bond motifs is 1. The highest BCUT2D eigenvalue weighted by Gasteiger charge is 2.21.